The zero-order valence-electron chi connectivity index (χ0n) is 17.6. The highest BCUT2D eigenvalue weighted by Gasteiger charge is 2.17. The van der Waals surface area contributed by atoms with Crippen molar-refractivity contribution in [3.8, 4) is 28.7 Å². The van der Waals surface area contributed by atoms with Crippen molar-refractivity contribution in [3.05, 3.63) is 109 Å². The molecule has 152 valence electrons. The number of rotatable bonds is 3. The van der Waals surface area contributed by atoms with Crippen LogP contribution in [0.2, 0.25) is 0 Å². The number of nitrogens with zero attached hydrogens (tertiary/aromatic N) is 4. The summed E-state index contributed by atoms with van der Waals surface area (Å²) in [5, 5.41) is 2.37. The lowest BCUT2D eigenvalue weighted by atomic mass is 10.1. The number of hydrogen-bond acceptors (Lipinski definition) is 3. The van der Waals surface area contributed by atoms with Crippen LogP contribution in [0, 0.1) is 6.92 Å². The van der Waals surface area contributed by atoms with Gasteiger partial charge in [0, 0.05) is 21.9 Å². The maximum atomic E-state index is 4.94. The van der Waals surface area contributed by atoms with E-state index in [1.54, 1.807) is 0 Å². The van der Waals surface area contributed by atoms with Crippen LogP contribution in [-0.2, 0) is 0 Å². The summed E-state index contributed by atoms with van der Waals surface area (Å²) in [7, 11) is 0. The molecule has 0 amide bonds. The van der Waals surface area contributed by atoms with Crippen molar-refractivity contribution in [2.75, 3.05) is 0 Å². The lowest BCUT2D eigenvalue weighted by Gasteiger charge is -2.11. The molecule has 6 rings (SSSR count). The average Bonchev–Trinajstić information content (AvgIpc) is 3.18. The summed E-state index contributed by atoms with van der Waals surface area (Å²) < 4.78 is 2.15. The van der Waals surface area contributed by atoms with Gasteiger partial charge in [-0.05, 0) is 24.6 Å². The van der Waals surface area contributed by atoms with Crippen LogP contribution in [-0.4, -0.2) is 19.5 Å². The minimum atomic E-state index is 0.620. The number of para-hydroxylation sites is 1. The molecule has 0 unspecified atom stereocenters. The van der Waals surface area contributed by atoms with Crippen LogP contribution >= 0.6 is 0 Å². The van der Waals surface area contributed by atoms with Gasteiger partial charge in [0.25, 0.3) is 0 Å². The lowest BCUT2D eigenvalue weighted by Crippen LogP contribution is -2.06. The Bertz CT molecular complexity index is 1510. The van der Waals surface area contributed by atoms with Crippen molar-refractivity contribution in [3.63, 3.8) is 0 Å². The third-order valence-electron chi connectivity index (χ3n) is 5.72. The molecule has 0 N–H and O–H groups in total. The summed E-state index contributed by atoms with van der Waals surface area (Å²) in [6.07, 6.45) is 0. The van der Waals surface area contributed by atoms with Gasteiger partial charge in [-0.2, -0.15) is 9.97 Å². The van der Waals surface area contributed by atoms with Crippen LogP contribution in [0.4, 0.5) is 0 Å². The van der Waals surface area contributed by atoms with Crippen LogP contribution in [0.25, 0.3) is 50.5 Å². The Morgan fingerprint density at radius 1 is 0.531 bits per heavy atom. The van der Waals surface area contributed by atoms with Crippen molar-refractivity contribution >= 4 is 21.8 Å². The van der Waals surface area contributed by atoms with E-state index in [4.69, 9.17) is 15.0 Å². The molecule has 0 aliphatic rings. The predicted octanol–water partition coefficient (Wildman–Crippen LogP) is 6.61. The van der Waals surface area contributed by atoms with E-state index in [0.29, 0.717) is 17.6 Å². The largest absolute Gasteiger partial charge is 0.278 e. The third-order valence-corrected chi connectivity index (χ3v) is 5.72. The van der Waals surface area contributed by atoms with Crippen molar-refractivity contribution in [1.82, 2.24) is 19.5 Å². The molecular weight excluding hydrogens is 392 g/mol. The Hall–Kier alpha value is -4.31. The molecule has 0 fully saturated rings. The fourth-order valence-electron chi connectivity index (χ4n) is 4.19. The van der Waals surface area contributed by atoms with Crippen LogP contribution in [0.5, 0.6) is 0 Å². The molecule has 2 heterocycles. The molecule has 0 aliphatic heterocycles. The summed E-state index contributed by atoms with van der Waals surface area (Å²) in [5.41, 5.74) is 5.30. The Kier molecular flexibility index (Phi) is 4.29. The van der Waals surface area contributed by atoms with Gasteiger partial charge >= 0.3 is 0 Å². The first kappa shape index (κ1) is 18.5. The second-order valence-electron chi connectivity index (χ2n) is 7.89. The molecule has 2 aromatic heterocycles. The molecule has 4 aromatic carbocycles. The topological polar surface area (TPSA) is 43.6 Å². The second-order valence-corrected chi connectivity index (χ2v) is 7.89. The third kappa shape index (κ3) is 3.05. The highest BCUT2D eigenvalue weighted by atomic mass is 15.2. The standard InChI is InChI=1S/C28H20N4/c1-19-16-17-23-22-14-8-9-15-24(22)32(25(23)18-19)28-30-26(20-10-4-2-5-11-20)29-27(31-28)21-12-6-3-7-13-21/h2-18H,1H3. The maximum absolute atomic E-state index is 4.94. The Morgan fingerprint density at radius 3 is 1.75 bits per heavy atom. The van der Waals surface area contributed by atoms with Gasteiger partial charge in [0.05, 0.1) is 11.0 Å². The van der Waals surface area contributed by atoms with Gasteiger partial charge in [-0.25, -0.2) is 4.98 Å². The average molecular weight is 412 g/mol. The van der Waals surface area contributed by atoms with E-state index < -0.39 is 0 Å². The fraction of sp³-hybridized carbons (Fsp3) is 0.0357. The molecule has 0 bridgehead atoms. The number of hydrogen-bond donors (Lipinski definition) is 0. The summed E-state index contributed by atoms with van der Waals surface area (Å²) in [6.45, 7) is 2.11. The molecule has 0 saturated heterocycles. The number of fused-ring (bicyclic) bond motifs is 3. The molecule has 0 radical (unpaired) electrons. The van der Waals surface area contributed by atoms with E-state index in [-0.39, 0.29) is 0 Å². The molecule has 4 nitrogen and oxygen atoms in total. The SMILES string of the molecule is Cc1ccc2c3ccccc3n(-c3nc(-c4ccccc4)nc(-c4ccccc4)n3)c2c1. The first-order chi connectivity index (χ1) is 15.8. The fourth-order valence-corrected chi connectivity index (χ4v) is 4.19. The van der Waals surface area contributed by atoms with Crippen molar-refractivity contribution in [2.24, 2.45) is 0 Å². The van der Waals surface area contributed by atoms with E-state index >= 15 is 0 Å². The van der Waals surface area contributed by atoms with E-state index in [9.17, 15) is 0 Å². The van der Waals surface area contributed by atoms with Crippen LogP contribution < -0.4 is 0 Å². The molecule has 6 aromatic rings. The predicted molar refractivity (Wildman–Crippen MR) is 130 cm³/mol. The summed E-state index contributed by atoms with van der Waals surface area (Å²) >= 11 is 0. The van der Waals surface area contributed by atoms with E-state index in [0.717, 1.165) is 22.2 Å². The highest BCUT2D eigenvalue weighted by Crippen LogP contribution is 2.32. The smallest absolute Gasteiger partial charge is 0.238 e. The minimum absolute atomic E-state index is 0.620. The van der Waals surface area contributed by atoms with Gasteiger partial charge in [0.15, 0.2) is 11.6 Å². The second kappa shape index (κ2) is 7.43. The molecule has 0 atom stereocenters. The molecule has 0 spiro atoms. The van der Waals surface area contributed by atoms with E-state index in [1.165, 1.54) is 16.3 Å². The van der Waals surface area contributed by atoms with Gasteiger partial charge in [-0.1, -0.05) is 91.0 Å². The van der Waals surface area contributed by atoms with Gasteiger partial charge in [0.1, 0.15) is 0 Å². The van der Waals surface area contributed by atoms with Crippen molar-refractivity contribution in [2.45, 2.75) is 6.92 Å². The van der Waals surface area contributed by atoms with E-state index in [1.807, 2.05) is 60.7 Å². The van der Waals surface area contributed by atoms with Gasteiger partial charge < -0.3 is 0 Å². The Balaban J connectivity index is 1.70. The van der Waals surface area contributed by atoms with E-state index in [2.05, 4.69) is 54.0 Å². The van der Waals surface area contributed by atoms with Crippen molar-refractivity contribution in [1.29, 1.82) is 0 Å². The number of aromatic nitrogens is 4. The van der Waals surface area contributed by atoms with Gasteiger partial charge in [0.2, 0.25) is 5.95 Å². The zero-order valence-corrected chi connectivity index (χ0v) is 17.6. The monoisotopic (exact) mass is 412 g/mol. The first-order valence-electron chi connectivity index (χ1n) is 10.6. The Labute approximate surface area is 185 Å². The molecular formula is C28H20N4. The molecule has 0 saturated carbocycles. The van der Waals surface area contributed by atoms with Gasteiger partial charge in [-0.15, -0.1) is 0 Å². The van der Waals surface area contributed by atoms with Gasteiger partial charge in [-0.3, -0.25) is 4.57 Å². The summed E-state index contributed by atoms with van der Waals surface area (Å²) in [6, 6.07) is 35.1. The Morgan fingerprint density at radius 2 is 1.09 bits per heavy atom. The number of benzene rings is 4. The molecule has 4 heteroatoms. The van der Waals surface area contributed by atoms with Crippen LogP contribution in [0.1, 0.15) is 5.56 Å². The number of aryl methyl sites for hydroxylation is 1. The minimum Gasteiger partial charge on any atom is -0.278 e. The highest BCUT2D eigenvalue weighted by molar-refractivity contribution is 6.09. The normalized spacial score (nSPS) is 11.3. The molecule has 32 heavy (non-hydrogen) atoms. The molecule has 0 aliphatic carbocycles. The van der Waals surface area contributed by atoms with Crippen LogP contribution in [0.15, 0.2) is 103 Å². The van der Waals surface area contributed by atoms with Crippen LogP contribution in [0.3, 0.4) is 0 Å². The quantitative estimate of drug-likeness (QED) is 0.328. The lowest BCUT2D eigenvalue weighted by molar-refractivity contribution is 0.953. The zero-order chi connectivity index (χ0) is 21.5. The first-order valence-corrected chi connectivity index (χ1v) is 10.6. The summed E-state index contributed by atoms with van der Waals surface area (Å²) in [4.78, 5) is 14.7. The summed E-state index contributed by atoms with van der Waals surface area (Å²) in [5.74, 6) is 1.94. The maximum Gasteiger partial charge on any atom is 0.238 e. The van der Waals surface area contributed by atoms with Crippen molar-refractivity contribution < 1.29 is 0 Å².